The second-order valence-electron chi connectivity index (χ2n) is 4.99. The molecule has 24 heavy (non-hydrogen) atoms. The Kier molecular flexibility index (Phi) is 3.76. The van der Waals surface area contributed by atoms with Crippen LogP contribution in [0.4, 0.5) is 5.69 Å². The molecule has 1 amide bonds. The number of carbonyl (C=O) groups is 1. The zero-order valence-corrected chi connectivity index (χ0v) is 13.8. The fourth-order valence-corrected chi connectivity index (χ4v) is 3.08. The summed E-state index contributed by atoms with van der Waals surface area (Å²) in [5.41, 5.74) is 2.51. The first-order valence-electron chi connectivity index (χ1n) is 7.06. The van der Waals surface area contributed by atoms with E-state index in [0.717, 1.165) is 0 Å². The van der Waals surface area contributed by atoms with Gasteiger partial charge in [0.05, 0.1) is 21.7 Å². The van der Waals surface area contributed by atoms with E-state index in [2.05, 4.69) is 15.3 Å². The van der Waals surface area contributed by atoms with Crippen LogP contribution in [0.5, 0.6) is 0 Å². The molecule has 5 nitrogen and oxygen atoms in total. The van der Waals surface area contributed by atoms with Gasteiger partial charge in [-0.25, -0.2) is 4.98 Å². The Balaban J connectivity index is 1.69. The first-order chi connectivity index (χ1) is 11.7. The van der Waals surface area contributed by atoms with Crippen molar-refractivity contribution in [1.29, 1.82) is 0 Å². The number of thiophene rings is 1. The lowest BCUT2D eigenvalue weighted by Crippen LogP contribution is -2.10. The maximum absolute atomic E-state index is 12.2. The van der Waals surface area contributed by atoms with Crippen molar-refractivity contribution >= 4 is 45.6 Å². The van der Waals surface area contributed by atoms with Crippen LogP contribution in [0.2, 0.25) is 5.02 Å². The number of nitrogens with zero attached hydrogens (tertiary/aromatic N) is 2. The summed E-state index contributed by atoms with van der Waals surface area (Å²) in [6, 6.07) is 10.5. The third-order valence-electron chi connectivity index (χ3n) is 3.39. The Morgan fingerprint density at radius 3 is 2.96 bits per heavy atom. The lowest BCUT2D eigenvalue weighted by molar-refractivity contribution is 0.103. The molecule has 0 radical (unpaired) electrons. The number of pyridine rings is 1. The van der Waals surface area contributed by atoms with E-state index in [1.165, 1.54) is 11.3 Å². The van der Waals surface area contributed by atoms with Crippen LogP contribution < -0.4 is 5.32 Å². The number of anilines is 1. The lowest BCUT2D eigenvalue weighted by Gasteiger charge is -2.06. The highest BCUT2D eigenvalue weighted by Crippen LogP contribution is 2.32. The maximum atomic E-state index is 12.2. The summed E-state index contributed by atoms with van der Waals surface area (Å²) in [5.74, 6) is 0.218. The number of amides is 1. The molecule has 4 aromatic rings. The second-order valence-corrected chi connectivity index (χ2v) is 6.34. The van der Waals surface area contributed by atoms with Gasteiger partial charge < -0.3 is 9.73 Å². The van der Waals surface area contributed by atoms with Crippen LogP contribution in [0.1, 0.15) is 9.67 Å². The van der Waals surface area contributed by atoms with E-state index in [1.807, 2.05) is 11.4 Å². The summed E-state index contributed by atoms with van der Waals surface area (Å²) >= 11 is 7.65. The molecule has 118 valence electrons. The highest BCUT2D eigenvalue weighted by molar-refractivity contribution is 7.12. The first-order valence-corrected chi connectivity index (χ1v) is 8.32. The molecule has 0 atom stereocenters. The Morgan fingerprint density at radius 2 is 2.17 bits per heavy atom. The Labute approximate surface area is 145 Å². The van der Waals surface area contributed by atoms with Gasteiger partial charge in [0.1, 0.15) is 5.52 Å². The number of carbonyl (C=O) groups excluding carboxylic acids is 1. The topological polar surface area (TPSA) is 68.0 Å². The molecule has 7 heteroatoms. The molecule has 0 spiro atoms. The third kappa shape index (κ3) is 2.77. The molecule has 0 aliphatic carbocycles. The van der Waals surface area contributed by atoms with Gasteiger partial charge in [0.25, 0.3) is 5.91 Å². The van der Waals surface area contributed by atoms with Crippen molar-refractivity contribution in [2.45, 2.75) is 0 Å². The van der Waals surface area contributed by atoms with Crippen LogP contribution >= 0.6 is 22.9 Å². The van der Waals surface area contributed by atoms with Crippen molar-refractivity contribution in [3.05, 3.63) is 64.1 Å². The smallest absolute Gasteiger partial charge is 0.265 e. The van der Waals surface area contributed by atoms with Gasteiger partial charge in [-0.05, 0) is 29.6 Å². The molecule has 4 rings (SSSR count). The fraction of sp³-hybridized carbons (Fsp3) is 0. The van der Waals surface area contributed by atoms with Crippen LogP contribution in [0.3, 0.4) is 0 Å². The van der Waals surface area contributed by atoms with Crippen molar-refractivity contribution in [2.75, 3.05) is 5.32 Å². The molecule has 0 saturated carbocycles. The number of fused-ring (bicyclic) bond motifs is 1. The summed E-state index contributed by atoms with van der Waals surface area (Å²) in [7, 11) is 0. The summed E-state index contributed by atoms with van der Waals surface area (Å²) in [6.07, 6.45) is 3.26. The number of halogens is 1. The van der Waals surface area contributed by atoms with Gasteiger partial charge in [0.15, 0.2) is 5.58 Å². The number of hydrogen-bond acceptors (Lipinski definition) is 5. The Bertz CT molecular complexity index is 994. The highest BCUT2D eigenvalue weighted by atomic mass is 35.5. The molecule has 3 heterocycles. The van der Waals surface area contributed by atoms with E-state index in [-0.39, 0.29) is 5.91 Å². The van der Waals surface area contributed by atoms with Gasteiger partial charge in [-0.15, -0.1) is 11.3 Å². The van der Waals surface area contributed by atoms with Crippen LogP contribution in [0.25, 0.3) is 22.6 Å². The number of rotatable bonds is 3. The van der Waals surface area contributed by atoms with E-state index in [1.54, 1.807) is 42.7 Å². The summed E-state index contributed by atoms with van der Waals surface area (Å²) in [5, 5.41) is 5.19. The predicted octanol–water partition coefficient (Wildman–Crippen LogP) is 4.86. The molecular weight excluding hydrogens is 346 g/mol. The molecule has 0 saturated heterocycles. The molecule has 1 aromatic carbocycles. The minimum Gasteiger partial charge on any atom is -0.436 e. The van der Waals surface area contributed by atoms with E-state index in [9.17, 15) is 4.79 Å². The van der Waals surface area contributed by atoms with Gasteiger partial charge in [0.2, 0.25) is 5.89 Å². The first kappa shape index (κ1) is 14.9. The van der Waals surface area contributed by atoms with Crippen molar-refractivity contribution in [3.8, 4) is 11.5 Å². The average Bonchev–Trinajstić information content (AvgIpc) is 3.25. The van der Waals surface area contributed by atoms with E-state index >= 15 is 0 Å². The van der Waals surface area contributed by atoms with Crippen LogP contribution in [-0.4, -0.2) is 15.9 Å². The van der Waals surface area contributed by atoms with Gasteiger partial charge in [-0.1, -0.05) is 17.7 Å². The summed E-state index contributed by atoms with van der Waals surface area (Å²) in [6.45, 7) is 0. The minimum atomic E-state index is -0.167. The van der Waals surface area contributed by atoms with Gasteiger partial charge in [-0.3, -0.25) is 9.78 Å². The van der Waals surface area contributed by atoms with Crippen LogP contribution in [0, 0.1) is 0 Å². The monoisotopic (exact) mass is 355 g/mol. The molecule has 0 aliphatic rings. The van der Waals surface area contributed by atoms with Gasteiger partial charge in [0, 0.05) is 18.0 Å². The molecule has 0 fully saturated rings. The van der Waals surface area contributed by atoms with E-state index < -0.39 is 0 Å². The van der Waals surface area contributed by atoms with Crippen LogP contribution in [0.15, 0.2) is 58.6 Å². The number of nitrogens with one attached hydrogen (secondary N) is 1. The Morgan fingerprint density at radius 1 is 1.25 bits per heavy atom. The lowest BCUT2D eigenvalue weighted by atomic mass is 10.2. The van der Waals surface area contributed by atoms with Crippen molar-refractivity contribution in [1.82, 2.24) is 9.97 Å². The third-order valence-corrected chi connectivity index (χ3v) is 4.59. The molecule has 0 bridgehead atoms. The Hall–Kier alpha value is -2.70. The summed E-state index contributed by atoms with van der Waals surface area (Å²) in [4.78, 5) is 21.2. The zero-order valence-electron chi connectivity index (χ0n) is 12.2. The SMILES string of the molecule is O=C(Nc1ccc(Cl)c(-c2nc3cnccc3o2)c1)c1cccs1. The van der Waals surface area contributed by atoms with Gasteiger partial charge >= 0.3 is 0 Å². The fourth-order valence-electron chi connectivity index (χ4n) is 2.26. The quantitative estimate of drug-likeness (QED) is 0.570. The normalized spacial score (nSPS) is 10.9. The van der Waals surface area contributed by atoms with Gasteiger partial charge in [-0.2, -0.15) is 0 Å². The minimum absolute atomic E-state index is 0.167. The second kappa shape index (κ2) is 6.07. The van der Waals surface area contributed by atoms with Crippen molar-refractivity contribution < 1.29 is 9.21 Å². The van der Waals surface area contributed by atoms with Crippen molar-refractivity contribution in [3.63, 3.8) is 0 Å². The standard InChI is InChI=1S/C17H10ClN3O2S/c18-12-4-3-10(20-16(22)15-2-1-7-24-15)8-11(12)17-21-13-9-19-6-5-14(13)23-17/h1-9H,(H,20,22). The highest BCUT2D eigenvalue weighted by Gasteiger charge is 2.14. The number of hydrogen-bond donors (Lipinski definition) is 1. The maximum Gasteiger partial charge on any atom is 0.265 e. The molecule has 0 unspecified atom stereocenters. The number of benzene rings is 1. The van der Waals surface area contributed by atoms with E-state index in [0.29, 0.717) is 38.1 Å². The number of aromatic nitrogens is 2. The number of oxazole rings is 1. The molecule has 0 aliphatic heterocycles. The van der Waals surface area contributed by atoms with E-state index in [4.69, 9.17) is 16.0 Å². The molecule has 3 aromatic heterocycles. The zero-order chi connectivity index (χ0) is 16.5. The molecule has 1 N–H and O–H groups in total. The predicted molar refractivity (Wildman–Crippen MR) is 94.5 cm³/mol. The average molecular weight is 356 g/mol. The largest absolute Gasteiger partial charge is 0.436 e. The summed E-state index contributed by atoms with van der Waals surface area (Å²) < 4.78 is 5.72. The van der Waals surface area contributed by atoms with Crippen molar-refractivity contribution in [2.24, 2.45) is 0 Å². The van der Waals surface area contributed by atoms with Crippen LogP contribution in [-0.2, 0) is 0 Å². The molecular formula is C17H10ClN3O2S.